The van der Waals surface area contributed by atoms with Crippen molar-refractivity contribution in [2.45, 2.75) is 12.5 Å². The first-order valence-electron chi connectivity index (χ1n) is 6.13. The molecule has 20 heavy (non-hydrogen) atoms. The van der Waals surface area contributed by atoms with Crippen LogP contribution in [-0.2, 0) is 6.42 Å². The van der Waals surface area contributed by atoms with E-state index in [1.807, 2.05) is 30.3 Å². The molecule has 1 aliphatic heterocycles. The van der Waals surface area contributed by atoms with Crippen LogP contribution in [-0.4, -0.2) is 11.2 Å². The van der Waals surface area contributed by atoms with Gasteiger partial charge in [0.25, 0.3) is 0 Å². The number of benzene rings is 2. The molecule has 1 N–H and O–H groups in total. The van der Waals surface area contributed by atoms with Crippen LogP contribution in [0.4, 0.5) is 14.9 Å². The van der Waals surface area contributed by atoms with Crippen molar-refractivity contribution in [3.63, 3.8) is 0 Å². The smallest absolute Gasteiger partial charge is 0.412 e. The Bertz CT molecular complexity index is 675. The van der Waals surface area contributed by atoms with Crippen molar-refractivity contribution >= 4 is 23.4 Å². The molecule has 3 nitrogen and oxygen atoms in total. The van der Waals surface area contributed by atoms with Crippen LogP contribution in [0.5, 0.6) is 0 Å². The summed E-state index contributed by atoms with van der Waals surface area (Å²) in [7, 11) is 0. The molecule has 0 aromatic heterocycles. The maximum atomic E-state index is 13.6. The average Bonchev–Trinajstić information content (AvgIpc) is 2.79. The molecule has 0 fully saturated rings. The highest BCUT2D eigenvalue weighted by Gasteiger charge is 2.35. The fourth-order valence-electron chi connectivity index (χ4n) is 2.61. The van der Waals surface area contributed by atoms with Gasteiger partial charge in [0.05, 0.1) is 16.8 Å². The summed E-state index contributed by atoms with van der Waals surface area (Å²) in [5.74, 6) is -0.606. The first-order valence-corrected chi connectivity index (χ1v) is 6.50. The summed E-state index contributed by atoms with van der Waals surface area (Å²) < 4.78 is 13.6. The van der Waals surface area contributed by atoms with E-state index < -0.39 is 11.9 Å². The van der Waals surface area contributed by atoms with Gasteiger partial charge in [0.15, 0.2) is 0 Å². The van der Waals surface area contributed by atoms with Crippen molar-refractivity contribution in [3.05, 3.63) is 64.4 Å². The number of amides is 1. The highest BCUT2D eigenvalue weighted by Crippen LogP contribution is 2.42. The van der Waals surface area contributed by atoms with Gasteiger partial charge in [-0.1, -0.05) is 41.9 Å². The predicted molar refractivity (Wildman–Crippen MR) is 74.8 cm³/mol. The van der Waals surface area contributed by atoms with Crippen molar-refractivity contribution in [3.8, 4) is 0 Å². The van der Waals surface area contributed by atoms with E-state index in [-0.39, 0.29) is 11.1 Å². The molecule has 2 aromatic rings. The van der Waals surface area contributed by atoms with Crippen LogP contribution >= 0.6 is 11.6 Å². The summed E-state index contributed by atoms with van der Waals surface area (Å²) in [5.41, 5.74) is 1.99. The fraction of sp³-hybridized carbons (Fsp3) is 0.133. The van der Waals surface area contributed by atoms with Crippen LogP contribution in [0.2, 0.25) is 5.02 Å². The monoisotopic (exact) mass is 291 g/mol. The number of fused-ring (bicyclic) bond motifs is 1. The highest BCUT2D eigenvalue weighted by molar-refractivity contribution is 6.31. The molecule has 1 heterocycles. The van der Waals surface area contributed by atoms with Gasteiger partial charge >= 0.3 is 6.09 Å². The quantitative estimate of drug-likeness (QED) is 0.853. The Labute approximate surface area is 120 Å². The molecule has 2 aromatic carbocycles. The lowest BCUT2D eigenvalue weighted by atomic mass is 10.0. The standard InChI is InChI=1S/C15H11ClFNO2/c16-11-6-10-7-13(9-4-2-1-3-5-9)18(15(19)20)14(10)8-12(11)17/h1-6,8,13H,7H2,(H,19,20). The van der Waals surface area contributed by atoms with Crippen LogP contribution in [0.25, 0.3) is 0 Å². The molecule has 0 bridgehead atoms. The molecule has 1 amide bonds. The Balaban J connectivity index is 2.10. The molecule has 102 valence electrons. The molecule has 0 aliphatic carbocycles. The molecule has 1 aliphatic rings. The number of hydrogen-bond acceptors (Lipinski definition) is 1. The average molecular weight is 292 g/mol. The van der Waals surface area contributed by atoms with Gasteiger partial charge in [0.2, 0.25) is 0 Å². The van der Waals surface area contributed by atoms with E-state index >= 15 is 0 Å². The number of carboxylic acid groups (broad SMARTS) is 1. The van der Waals surface area contributed by atoms with E-state index in [4.69, 9.17) is 11.6 Å². The van der Waals surface area contributed by atoms with Crippen molar-refractivity contribution < 1.29 is 14.3 Å². The zero-order valence-electron chi connectivity index (χ0n) is 10.4. The number of nitrogens with zero attached hydrogens (tertiary/aromatic N) is 1. The highest BCUT2D eigenvalue weighted by atomic mass is 35.5. The molecular weight excluding hydrogens is 281 g/mol. The van der Waals surface area contributed by atoms with Gasteiger partial charge in [-0.05, 0) is 29.7 Å². The zero-order valence-corrected chi connectivity index (χ0v) is 11.1. The summed E-state index contributed by atoms with van der Waals surface area (Å²) in [6.45, 7) is 0. The summed E-state index contributed by atoms with van der Waals surface area (Å²) >= 11 is 5.77. The molecular formula is C15H11ClFNO2. The van der Waals surface area contributed by atoms with Crippen molar-refractivity contribution in [2.75, 3.05) is 4.90 Å². The van der Waals surface area contributed by atoms with Crippen molar-refractivity contribution in [2.24, 2.45) is 0 Å². The molecule has 1 unspecified atom stereocenters. The molecule has 5 heteroatoms. The predicted octanol–water partition coefficient (Wildman–Crippen LogP) is 4.26. The minimum Gasteiger partial charge on any atom is -0.465 e. The number of halogens is 2. The third kappa shape index (κ3) is 2.02. The van der Waals surface area contributed by atoms with Gasteiger partial charge in [-0.15, -0.1) is 0 Å². The van der Waals surface area contributed by atoms with E-state index in [0.29, 0.717) is 12.1 Å². The molecule has 0 saturated heterocycles. The van der Waals surface area contributed by atoms with Gasteiger partial charge in [-0.2, -0.15) is 0 Å². The summed E-state index contributed by atoms with van der Waals surface area (Å²) in [4.78, 5) is 12.7. The maximum absolute atomic E-state index is 13.6. The lowest BCUT2D eigenvalue weighted by Gasteiger charge is -2.22. The van der Waals surface area contributed by atoms with E-state index in [1.165, 1.54) is 17.0 Å². The Kier molecular flexibility index (Phi) is 3.10. The minimum atomic E-state index is -1.10. The largest absolute Gasteiger partial charge is 0.465 e. The zero-order chi connectivity index (χ0) is 14.3. The topological polar surface area (TPSA) is 40.5 Å². The molecule has 0 radical (unpaired) electrons. The van der Waals surface area contributed by atoms with Gasteiger partial charge in [-0.25, -0.2) is 9.18 Å². The van der Waals surface area contributed by atoms with Gasteiger partial charge in [-0.3, -0.25) is 4.90 Å². The third-order valence-electron chi connectivity index (χ3n) is 3.50. The van der Waals surface area contributed by atoms with E-state index in [1.54, 1.807) is 0 Å². The van der Waals surface area contributed by atoms with Crippen LogP contribution in [0.15, 0.2) is 42.5 Å². The van der Waals surface area contributed by atoms with Gasteiger partial charge in [0.1, 0.15) is 5.82 Å². The first kappa shape index (κ1) is 12.9. The second kappa shape index (κ2) is 4.80. The van der Waals surface area contributed by atoms with Crippen LogP contribution in [0, 0.1) is 5.82 Å². The lowest BCUT2D eigenvalue weighted by Crippen LogP contribution is -2.30. The summed E-state index contributed by atoms with van der Waals surface area (Å²) in [6, 6.07) is 11.7. The molecule has 0 spiro atoms. The Morgan fingerprint density at radius 1 is 1.30 bits per heavy atom. The number of anilines is 1. The maximum Gasteiger partial charge on any atom is 0.412 e. The van der Waals surface area contributed by atoms with E-state index in [0.717, 1.165) is 11.1 Å². The third-order valence-corrected chi connectivity index (χ3v) is 3.79. The first-order chi connectivity index (χ1) is 9.58. The number of rotatable bonds is 1. The summed E-state index contributed by atoms with van der Waals surface area (Å²) in [5, 5.41) is 9.44. The van der Waals surface area contributed by atoms with E-state index in [2.05, 4.69) is 0 Å². The van der Waals surface area contributed by atoms with Crippen LogP contribution < -0.4 is 4.90 Å². The lowest BCUT2D eigenvalue weighted by molar-refractivity contribution is 0.200. The Morgan fingerprint density at radius 3 is 2.65 bits per heavy atom. The van der Waals surface area contributed by atoms with Gasteiger partial charge < -0.3 is 5.11 Å². The SMILES string of the molecule is O=C(O)N1c2cc(F)c(Cl)cc2CC1c1ccccc1. The number of carbonyl (C=O) groups is 1. The Morgan fingerprint density at radius 2 is 2.00 bits per heavy atom. The molecule has 3 rings (SSSR count). The normalized spacial score (nSPS) is 17.1. The van der Waals surface area contributed by atoms with E-state index in [9.17, 15) is 14.3 Å². The fourth-order valence-corrected chi connectivity index (χ4v) is 2.80. The van der Waals surface area contributed by atoms with Crippen molar-refractivity contribution in [1.29, 1.82) is 0 Å². The molecule has 1 atom stereocenters. The second-order valence-corrected chi connectivity index (χ2v) is 5.09. The second-order valence-electron chi connectivity index (χ2n) is 4.68. The minimum absolute atomic E-state index is 0.0165. The molecule has 0 saturated carbocycles. The summed E-state index contributed by atoms with van der Waals surface area (Å²) in [6.07, 6.45) is -0.606. The van der Waals surface area contributed by atoms with Crippen LogP contribution in [0.1, 0.15) is 17.2 Å². The van der Waals surface area contributed by atoms with Crippen LogP contribution in [0.3, 0.4) is 0 Å². The number of hydrogen-bond donors (Lipinski definition) is 1. The Hall–Kier alpha value is -2.07. The van der Waals surface area contributed by atoms with Gasteiger partial charge in [0, 0.05) is 0 Å². The van der Waals surface area contributed by atoms with Crippen molar-refractivity contribution in [1.82, 2.24) is 0 Å².